The van der Waals surface area contributed by atoms with Gasteiger partial charge in [0.25, 0.3) is 0 Å². The van der Waals surface area contributed by atoms with Crippen molar-refractivity contribution in [2.24, 2.45) is 17.6 Å². The first-order valence-corrected chi connectivity index (χ1v) is 8.33. The largest absolute Gasteiger partial charge is 0.481 e. The van der Waals surface area contributed by atoms with Crippen molar-refractivity contribution >= 4 is 17.8 Å². The predicted molar refractivity (Wildman–Crippen MR) is 88.8 cm³/mol. The summed E-state index contributed by atoms with van der Waals surface area (Å²) in [5.41, 5.74) is 6.16. The molecule has 1 aliphatic rings. The predicted octanol–water partition coefficient (Wildman–Crippen LogP) is 1.78. The number of nitrogens with zero attached hydrogens (tertiary/aromatic N) is 1. The van der Waals surface area contributed by atoms with Crippen LogP contribution in [0.15, 0.2) is 30.3 Å². The number of carboxylic acid groups (broad SMARTS) is 1. The lowest BCUT2D eigenvalue weighted by Crippen LogP contribution is -2.43. The standard InChI is InChI=1S/C18H24N2O4/c19-16(21)10-11-20(12-13-6-2-1-3-7-13)17(22)14-8-4-5-9-15(14)18(23)24/h1-3,6-7,14-15H,4-5,8-12H2,(H2,19,21)(H,23,24). The van der Waals surface area contributed by atoms with E-state index >= 15 is 0 Å². The SMILES string of the molecule is NC(=O)CCN(Cc1ccccc1)C(=O)C1CCCCC1C(=O)O. The van der Waals surface area contributed by atoms with Gasteiger partial charge in [-0.3, -0.25) is 14.4 Å². The van der Waals surface area contributed by atoms with Crippen molar-refractivity contribution in [1.82, 2.24) is 4.90 Å². The quantitative estimate of drug-likeness (QED) is 0.794. The monoisotopic (exact) mass is 332 g/mol. The van der Waals surface area contributed by atoms with Crippen molar-refractivity contribution in [3.8, 4) is 0 Å². The van der Waals surface area contributed by atoms with E-state index in [9.17, 15) is 19.5 Å². The average Bonchev–Trinajstić information content (AvgIpc) is 2.58. The van der Waals surface area contributed by atoms with Crippen LogP contribution in [-0.2, 0) is 20.9 Å². The third-order valence-electron chi connectivity index (χ3n) is 4.56. The molecule has 1 fully saturated rings. The normalized spacial score (nSPS) is 20.3. The zero-order chi connectivity index (χ0) is 17.5. The average molecular weight is 332 g/mol. The molecule has 24 heavy (non-hydrogen) atoms. The van der Waals surface area contributed by atoms with Gasteiger partial charge in [0.1, 0.15) is 0 Å². The van der Waals surface area contributed by atoms with Crippen LogP contribution in [0.4, 0.5) is 0 Å². The Morgan fingerprint density at radius 2 is 1.71 bits per heavy atom. The molecule has 1 aromatic carbocycles. The summed E-state index contributed by atoms with van der Waals surface area (Å²) in [6, 6.07) is 9.46. The van der Waals surface area contributed by atoms with Crippen molar-refractivity contribution in [2.45, 2.75) is 38.6 Å². The van der Waals surface area contributed by atoms with Crippen LogP contribution in [-0.4, -0.2) is 34.3 Å². The van der Waals surface area contributed by atoms with Crippen LogP contribution in [0.25, 0.3) is 0 Å². The summed E-state index contributed by atoms with van der Waals surface area (Å²) in [5, 5.41) is 9.40. The highest BCUT2D eigenvalue weighted by atomic mass is 16.4. The summed E-state index contributed by atoms with van der Waals surface area (Å²) in [5.74, 6) is -2.74. The zero-order valence-electron chi connectivity index (χ0n) is 13.7. The Hall–Kier alpha value is -2.37. The minimum absolute atomic E-state index is 0.0725. The van der Waals surface area contributed by atoms with Gasteiger partial charge in [0.05, 0.1) is 11.8 Å². The number of hydrogen-bond acceptors (Lipinski definition) is 3. The van der Waals surface area contributed by atoms with Crippen molar-refractivity contribution in [2.75, 3.05) is 6.54 Å². The van der Waals surface area contributed by atoms with Crippen molar-refractivity contribution in [3.05, 3.63) is 35.9 Å². The lowest BCUT2D eigenvalue weighted by Gasteiger charge is -2.33. The molecule has 1 aromatic rings. The van der Waals surface area contributed by atoms with Crippen LogP contribution in [0.2, 0.25) is 0 Å². The number of primary amides is 1. The molecule has 3 N–H and O–H groups in total. The molecule has 6 nitrogen and oxygen atoms in total. The summed E-state index contributed by atoms with van der Waals surface area (Å²) in [6.45, 7) is 0.571. The molecule has 0 heterocycles. The molecule has 2 unspecified atom stereocenters. The maximum absolute atomic E-state index is 12.9. The Morgan fingerprint density at radius 1 is 1.08 bits per heavy atom. The van der Waals surface area contributed by atoms with E-state index in [1.165, 1.54) is 0 Å². The molecular formula is C18H24N2O4. The highest BCUT2D eigenvalue weighted by molar-refractivity contribution is 5.85. The maximum atomic E-state index is 12.9. The zero-order valence-corrected chi connectivity index (χ0v) is 13.7. The lowest BCUT2D eigenvalue weighted by molar-refractivity contribution is -0.152. The van der Waals surface area contributed by atoms with Gasteiger partial charge in [-0.1, -0.05) is 43.2 Å². The van der Waals surface area contributed by atoms with Crippen LogP contribution >= 0.6 is 0 Å². The van der Waals surface area contributed by atoms with Gasteiger partial charge < -0.3 is 15.7 Å². The molecule has 0 saturated heterocycles. The van der Waals surface area contributed by atoms with Gasteiger partial charge in [0.2, 0.25) is 11.8 Å². The highest BCUT2D eigenvalue weighted by Crippen LogP contribution is 2.32. The second kappa shape index (κ2) is 8.47. The third-order valence-corrected chi connectivity index (χ3v) is 4.56. The van der Waals surface area contributed by atoms with Crippen LogP contribution in [0.3, 0.4) is 0 Å². The summed E-state index contributed by atoms with van der Waals surface area (Å²) < 4.78 is 0. The number of amides is 2. The van der Waals surface area contributed by atoms with E-state index in [0.717, 1.165) is 18.4 Å². The van der Waals surface area contributed by atoms with E-state index in [4.69, 9.17) is 5.73 Å². The van der Waals surface area contributed by atoms with Crippen LogP contribution in [0, 0.1) is 11.8 Å². The van der Waals surface area contributed by atoms with Crippen molar-refractivity contribution in [1.29, 1.82) is 0 Å². The Labute approximate surface area is 141 Å². The van der Waals surface area contributed by atoms with E-state index < -0.39 is 23.7 Å². The number of carbonyl (C=O) groups is 3. The molecule has 2 rings (SSSR count). The molecule has 2 atom stereocenters. The van der Waals surface area contributed by atoms with E-state index in [1.807, 2.05) is 30.3 Å². The Bertz CT molecular complexity index is 588. The third kappa shape index (κ3) is 4.81. The van der Waals surface area contributed by atoms with E-state index in [2.05, 4.69) is 0 Å². The van der Waals surface area contributed by atoms with Crippen LogP contribution in [0.1, 0.15) is 37.7 Å². The summed E-state index contributed by atoms with van der Waals surface area (Å²) >= 11 is 0. The maximum Gasteiger partial charge on any atom is 0.307 e. The van der Waals surface area contributed by atoms with Gasteiger partial charge in [0, 0.05) is 19.5 Å². The Balaban J connectivity index is 2.15. The molecule has 1 aliphatic carbocycles. The minimum atomic E-state index is -0.914. The number of rotatable bonds is 7. The van der Waals surface area contributed by atoms with Crippen LogP contribution in [0.5, 0.6) is 0 Å². The van der Waals surface area contributed by atoms with Crippen molar-refractivity contribution in [3.63, 3.8) is 0 Å². The summed E-state index contributed by atoms with van der Waals surface area (Å²) in [6.07, 6.45) is 2.87. The summed E-state index contributed by atoms with van der Waals surface area (Å²) in [4.78, 5) is 37.1. The number of carbonyl (C=O) groups excluding carboxylic acids is 2. The Kier molecular flexibility index (Phi) is 6.35. The molecule has 1 saturated carbocycles. The molecule has 0 aliphatic heterocycles. The fourth-order valence-corrected chi connectivity index (χ4v) is 3.27. The number of benzene rings is 1. The lowest BCUT2D eigenvalue weighted by atomic mass is 9.78. The molecule has 0 bridgehead atoms. The van der Waals surface area contributed by atoms with Gasteiger partial charge >= 0.3 is 5.97 Å². The number of aliphatic carboxylic acids is 1. The molecule has 6 heteroatoms. The van der Waals surface area contributed by atoms with Gasteiger partial charge in [-0.15, -0.1) is 0 Å². The first kappa shape index (κ1) is 18.0. The molecule has 0 spiro atoms. The van der Waals surface area contributed by atoms with Crippen LogP contribution < -0.4 is 5.73 Å². The van der Waals surface area contributed by atoms with Gasteiger partial charge in [-0.05, 0) is 18.4 Å². The fourth-order valence-electron chi connectivity index (χ4n) is 3.27. The van der Waals surface area contributed by atoms with E-state index in [1.54, 1.807) is 4.90 Å². The molecule has 0 aromatic heterocycles. The smallest absolute Gasteiger partial charge is 0.307 e. The second-order valence-electron chi connectivity index (χ2n) is 6.30. The van der Waals surface area contributed by atoms with E-state index in [-0.39, 0.29) is 18.9 Å². The minimum Gasteiger partial charge on any atom is -0.481 e. The topological polar surface area (TPSA) is 101 Å². The fraction of sp³-hybridized carbons (Fsp3) is 0.500. The van der Waals surface area contributed by atoms with Gasteiger partial charge in [-0.25, -0.2) is 0 Å². The van der Waals surface area contributed by atoms with Gasteiger partial charge in [0.15, 0.2) is 0 Å². The number of hydrogen-bond donors (Lipinski definition) is 2. The van der Waals surface area contributed by atoms with Crippen molar-refractivity contribution < 1.29 is 19.5 Å². The first-order valence-electron chi connectivity index (χ1n) is 8.33. The highest BCUT2D eigenvalue weighted by Gasteiger charge is 2.37. The summed E-state index contributed by atoms with van der Waals surface area (Å²) in [7, 11) is 0. The molecule has 130 valence electrons. The molecule has 2 amide bonds. The van der Waals surface area contributed by atoms with Gasteiger partial charge in [-0.2, -0.15) is 0 Å². The first-order chi connectivity index (χ1) is 11.5. The van der Waals surface area contributed by atoms with E-state index in [0.29, 0.717) is 19.4 Å². The Morgan fingerprint density at radius 3 is 2.29 bits per heavy atom. The number of nitrogens with two attached hydrogens (primary N) is 1. The second-order valence-corrected chi connectivity index (χ2v) is 6.30. The molecule has 0 radical (unpaired) electrons. The number of carboxylic acids is 1. The molecular weight excluding hydrogens is 308 g/mol.